The summed E-state index contributed by atoms with van der Waals surface area (Å²) in [5, 5.41) is 4.08. The summed E-state index contributed by atoms with van der Waals surface area (Å²) < 4.78 is 17.6. The van der Waals surface area contributed by atoms with Gasteiger partial charge in [-0.15, -0.1) is 0 Å². The van der Waals surface area contributed by atoms with Gasteiger partial charge in [0.1, 0.15) is 23.7 Å². The highest BCUT2D eigenvalue weighted by Crippen LogP contribution is 2.33. The van der Waals surface area contributed by atoms with Gasteiger partial charge in [0.15, 0.2) is 0 Å². The first-order valence-corrected chi connectivity index (χ1v) is 8.56. The molecule has 0 spiro atoms. The van der Waals surface area contributed by atoms with E-state index in [1.54, 1.807) is 12.4 Å². The van der Waals surface area contributed by atoms with E-state index in [1.165, 1.54) is 5.56 Å². The van der Waals surface area contributed by atoms with Gasteiger partial charge in [-0.1, -0.05) is 5.16 Å². The van der Waals surface area contributed by atoms with Gasteiger partial charge in [-0.2, -0.15) is 0 Å². The Hall–Kier alpha value is -1.92. The predicted molar refractivity (Wildman–Crippen MR) is 87.8 cm³/mol. The highest BCUT2D eigenvalue weighted by molar-refractivity contribution is 5.22. The Labute approximate surface area is 141 Å². The fourth-order valence-corrected chi connectivity index (χ4v) is 3.81. The fraction of sp³-hybridized carbons (Fsp3) is 0.556. The zero-order valence-electron chi connectivity index (χ0n) is 14.1. The predicted octanol–water partition coefficient (Wildman–Crippen LogP) is 2.50. The van der Waals surface area contributed by atoms with Crippen LogP contribution in [-0.4, -0.2) is 46.4 Å². The van der Waals surface area contributed by atoms with E-state index >= 15 is 0 Å². The second-order valence-electron chi connectivity index (χ2n) is 6.62. The standard InChI is InChI=1S/C18H23N3O3/c1-12-15(13(2)24-20-12)10-21-11-17(18-16(21)6-4-8-22-18)23-14-5-3-7-19-9-14/h3,5,7,9,16-18H,4,6,8,10-11H2,1-2H3/t16-,17+,18+/m1/s1. The summed E-state index contributed by atoms with van der Waals surface area (Å²) in [4.78, 5) is 6.59. The molecule has 4 rings (SSSR count). The molecule has 0 unspecified atom stereocenters. The molecule has 6 nitrogen and oxygen atoms in total. The maximum atomic E-state index is 6.19. The summed E-state index contributed by atoms with van der Waals surface area (Å²) in [6.07, 6.45) is 5.89. The van der Waals surface area contributed by atoms with Gasteiger partial charge < -0.3 is 14.0 Å². The molecule has 2 aromatic heterocycles. The molecule has 24 heavy (non-hydrogen) atoms. The van der Waals surface area contributed by atoms with E-state index < -0.39 is 0 Å². The Bertz CT molecular complexity index is 669. The molecule has 0 amide bonds. The van der Waals surface area contributed by atoms with Crippen molar-refractivity contribution in [3.05, 3.63) is 41.5 Å². The molecule has 2 aliphatic rings. The first-order valence-electron chi connectivity index (χ1n) is 8.56. The Kier molecular flexibility index (Phi) is 4.24. The third kappa shape index (κ3) is 2.91. The number of hydrogen-bond acceptors (Lipinski definition) is 6. The Balaban J connectivity index is 1.53. The van der Waals surface area contributed by atoms with Crippen molar-refractivity contribution in [2.75, 3.05) is 13.2 Å². The summed E-state index contributed by atoms with van der Waals surface area (Å²) in [5.41, 5.74) is 2.15. The van der Waals surface area contributed by atoms with Crippen molar-refractivity contribution < 1.29 is 14.0 Å². The smallest absolute Gasteiger partial charge is 0.139 e. The highest BCUT2D eigenvalue weighted by atomic mass is 16.5. The van der Waals surface area contributed by atoms with Crippen LogP contribution in [0.2, 0.25) is 0 Å². The van der Waals surface area contributed by atoms with E-state index in [4.69, 9.17) is 14.0 Å². The minimum Gasteiger partial charge on any atom is -0.485 e. The molecule has 2 aromatic rings. The molecular weight excluding hydrogens is 306 g/mol. The fourth-order valence-electron chi connectivity index (χ4n) is 3.81. The number of fused-ring (bicyclic) bond motifs is 1. The topological polar surface area (TPSA) is 60.6 Å². The lowest BCUT2D eigenvalue weighted by molar-refractivity contribution is -0.0472. The van der Waals surface area contributed by atoms with Gasteiger partial charge in [0, 0.05) is 37.5 Å². The number of nitrogens with zero attached hydrogens (tertiary/aromatic N) is 3. The molecule has 0 aromatic carbocycles. The van der Waals surface area contributed by atoms with E-state index in [2.05, 4.69) is 15.0 Å². The molecule has 0 saturated carbocycles. The minimum atomic E-state index is 0.0278. The highest BCUT2D eigenvalue weighted by Gasteiger charge is 2.45. The second-order valence-corrected chi connectivity index (χ2v) is 6.62. The van der Waals surface area contributed by atoms with Crippen molar-refractivity contribution in [1.29, 1.82) is 0 Å². The zero-order chi connectivity index (χ0) is 16.5. The van der Waals surface area contributed by atoms with Crippen molar-refractivity contribution in [1.82, 2.24) is 15.0 Å². The van der Waals surface area contributed by atoms with Crippen LogP contribution in [0, 0.1) is 13.8 Å². The average Bonchev–Trinajstić information content (AvgIpc) is 3.11. The first-order chi connectivity index (χ1) is 11.7. The lowest BCUT2D eigenvalue weighted by atomic mass is 10.0. The van der Waals surface area contributed by atoms with Crippen LogP contribution in [0.4, 0.5) is 0 Å². The van der Waals surface area contributed by atoms with Crippen LogP contribution in [0.5, 0.6) is 5.75 Å². The molecule has 128 valence electrons. The molecule has 6 heteroatoms. The lowest BCUT2D eigenvalue weighted by Crippen LogP contribution is -2.42. The number of rotatable bonds is 4. The van der Waals surface area contributed by atoms with Crippen LogP contribution in [-0.2, 0) is 11.3 Å². The van der Waals surface area contributed by atoms with Crippen LogP contribution in [0.3, 0.4) is 0 Å². The van der Waals surface area contributed by atoms with Crippen LogP contribution >= 0.6 is 0 Å². The summed E-state index contributed by atoms with van der Waals surface area (Å²) >= 11 is 0. The zero-order valence-corrected chi connectivity index (χ0v) is 14.1. The molecule has 0 bridgehead atoms. The quantitative estimate of drug-likeness (QED) is 0.859. The number of likely N-dealkylation sites (tertiary alicyclic amines) is 1. The first kappa shape index (κ1) is 15.6. The summed E-state index contributed by atoms with van der Waals surface area (Å²) in [6.45, 7) is 6.46. The van der Waals surface area contributed by atoms with Crippen LogP contribution < -0.4 is 4.74 Å². The van der Waals surface area contributed by atoms with E-state index in [1.807, 2.05) is 26.0 Å². The van der Waals surface area contributed by atoms with Crippen LogP contribution in [0.15, 0.2) is 29.0 Å². The summed E-state index contributed by atoms with van der Waals surface area (Å²) in [7, 11) is 0. The van der Waals surface area contributed by atoms with E-state index in [0.29, 0.717) is 6.04 Å². The molecule has 0 N–H and O–H groups in total. The van der Waals surface area contributed by atoms with Gasteiger partial charge in [0.05, 0.1) is 11.9 Å². The van der Waals surface area contributed by atoms with Crippen LogP contribution in [0.25, 0.3) is 0 Å². The number of aryl methyl sites for hydroxylation is 2. The average molecular weight is 329 g/mol. The van der Waals surface area contributed by atoms with Gasteiger partial charge in [0.2, 0.25) is 0 Å². The molecule has 2 aliphatic heterocycles. The maximum Gasteiger partial charge on any atom is 0.139 e. The van der Waals surface area contributed by atoms with Gasteiger partial charge in [-0.25, -0.2) is 0 Å². The minimum absolute atomic E-state index is 0.0278. The number of ether oxygens (including phenoxy) is 2. The third-order valence-electron chi connectivity index (χ3n) is 5.05. The Morgan fingerprint density at radius 3 is 3.04 bits per heavy atom. The third-order valence-corrected chi connectivity index (χ3v) is 5.05. The molecule has 2 saturated heterocycles. The molecule has 3 atom stereocenters. The van der Waals surface area contributed by atoms with E-state index in [9.17, 15) is 0 Å². The van der Waals surface area contributed by atoms with E-state index in [0.717, 1.165) is 49.7 Å². The maximum absolute atomic E-state index is 6.19. The number of hydrogen-bond donors (Lipinski definition) is 0. The van der Waals surface area contributed by atoms with Crippen LogP contribution in [0.1, 0.15) is 29.9 Å². The van der Waals surface area contributed by atoms with Crippen molar-refractivity contribution in [3.63, 3.8) is 0 Å². The SMILES string of the molecule is Cc1noc(C)c1CN1C[C@H](Oc2cccnc2)[C@H]2OCCC[C@H]21. The summed E-state index contributed by atoms with van der Waals surface area (Å²) in [6, 6.07) is 4.22. The lowest BCUT2D eigenvalue weighted by Gasteiger charge is -2.32. The molecule has 4 heterocycles. The summed E-state index contributed by atoms with van der Waals surface area (Å²) in [5.74, 6) is 1.70. The van der Waals surface area contributed by atoms with Gasteiger partial charge in [0.25, 0.3) is 0 Å². The largest absolute Gasteiger partial charge is 0.485 e. The number of pyridine rings is 1. The molecule has 2 fully saturated rings. The van der Waals surface area contributed by atoms with Gasteiger partial charge >= 0.3 is 0 Å². The van der Waals surface area contributed by atoms with Gasteiger partial charge in [-0.05, 0) is 38.8 Å². The monoisotopic (exact) mass is 329 g/mol. The van der Waals surface area contributed by atoms with Crippen molar-refractivity contribution >= 4 is 0 Å². The Morgan fingerprint density at radius 1 is 1.38 bits per heavy atom. The van der Waals surface area contributed by atoms with Crippen molar-refractivity contribution in [2.45, 2.75) is 51.5 Å². The normalized spacial score (nSPS) is 27.2. The van der Waals surface area contributed by atoms with Crippen molar-refractivity contribution in [2.24, 2.45) is 0 Å². The number of aromatic nitrogens is 2. The van der Waals surface area contributed by atoms with E-state index in [-0.39, 0.29) is 12.2 Å². The van der Waals surface area contributed by atoms with Gasteiger partial charge in [-0.3, -0.25) is 9.88 Å². The Morgan fingerprint density at radius 2 is 2.29 bits per heavy atom. The van der Waals surface area contributed by atoms with Crippen molar-refractivity contribution in [3.8, 4) is 5.75 Å². The molecule has 0 aliphatic carbocycles. The molecule has 0 radical (unpaired) electrons. The second kappa shape index (κ2) is 6.53. The molecular formula is C18H23N3O3.